The fraction of sp³-hybridized carbons (Fsp3) is 0.600. The Morgan fingerprint density at radius 2 is 2.10 bits per heavy atom. The molecule has 1 heterocycles. The number of sulfonamides is 1. The summed E-state index contributed by atoms with van der Waals surface area (Å²) in [4.78, 5) is 0.330. The highest BCUT2D eigenvalue weighted by Gasteiger charge is 2.34. The number of hydrogen-bond acceptors (Lipinski definition) is 4. The SMILES string of the molecule is CCNc1ccccc1S(=O)(=O)N1CCCCC1CCO. The zero-order valence-corrected chi connectivity index (χ0v) is 13.3. The van der Waals surface area contributed by atoms with Gasteiger partial charge in [0, 0.05) is 25.7 Å². The van der Waals surface area contributed by atoms with E-state index >= 15 is 0 Å². The first-order valence-electron chi connectivity index (χ1n) is 7.57. The van der Waals surface area contributed by atoms with E-state index in [-0.39, 0.29) is 12.6 Å². The molecule has 0 spiro atoms. The van der Waals surface area contributed by atoms with Gasteiger partial charge in [0.25, 0.3) is 0 Å². The summed E-state index contributed by atoms with van der Waals surface area (Å²) in [7, 11) is -3.53. The maximum Gasteiger partial charge on any atom is 0.245 e. The van der Waals surface area contributed by atoms with Crippen molar-refractivity contribution >= 4 is 15.7 Å². The second-order valence-corrected chi connectivity index (χ2v) is 7.16. The second kappa shape index (κ2) is 7.24. The average molecular weight is 312 g/mol. The smallest absolute Gasteiger partial charge is 0.245 e. The van der Waals surface area contributed by atoms with Gasteiger partial charge in [0.15, 0.2) is 0 Å². The molecule has 6 heteroatoms. The van der Waals surface area contributed by atoms with Crippen molar-refractivity contribution in [3.63, 3.8) is 0 Å². The number of piperidine rings is 1. The molecule has 1 aromatic carbocycles. The first kappa shape index (κ1) is 16.3. The summed E-state index contributed by atoms with van der Waals surface area (Å²) in [5.41, 5.74) is 0.647. The molecule has 2 N–H and O–H groups in total. The minimum absolute atomic E-state index is 0.0194. The molecule has 1 unspecified atom stereocenters. The van der Waals surface area contributed by atoms with Crippen LogP contribution in [0.3, 0.4) is 0 Å². The lowest BCUT2D eigenvalue weighted by Crippen LogP contribution is -2.44. The topological polar surface area (TPSA) is 69.6 Å². The van der Waals surface area contributed by atoms with Crippen LogP contribution >= 0.6 is 0 Å². The Hall–Kier alpha value is -1.11. The third-order valence-electron chi connectivity index (χ3n) is 3.88. The zero-order valence-electron chi connectivity index (χ0n) is 12.5. The summed E-state index contributed by atoms with van der Waals surface area (Å²) in [6.07, 6.45) is 3.22. The van der Waals surface area contributed by atoms with Crippen LogP contribution in [0.25, 0.3) is 0 Å². The minimum atomic E-state index is -3.53. The number of para-hydroxylation sites is 1. The average Bonchev–Trinajstić information content (AvgIpc) is 2.49. The lowest BCUT2D eigenvalue weighted by molar-refractivity contribution is 0.192. The molecule has 1 atom stereocenters. The van der Waals surface area contributed by atoms with Crippen LogP contribution < -0.4 is 5.32 Å². The number of rotatable bonds is 6. The van der Waals surface area contributed by atoms with Crippen molar-refractivity contribution in [3.05, 3.63) is 24.3 Å². The van der Waals surface area contributed by atoms with E-state index < -0.39 is 10.0 Å². The standard InChI is InChI=1S/C15H24N2O3S/c1-2-16-14-8-3-4-9-15(14)21(19,20)17-11-6-5-7-13(17)10-12-18/h3-4,8-9,13,16,18H,2,5-7,10-12H2,1H3. The van der Waals surface area contributed by atoms with E-state index in [1.54, 1.807) is 22.5 Å². The quantitative estimate of drug-likeness (QED) is 0.843. The van der Waals surface area contributed by atoms with E-state index in [1.165, 1.54) is 0 Å². The monoisotopic (exact) mass is 312 g/mol. The first-order valence-corrected chi connectivity index (χ1v) is 9.01. The van der Waals surface area contributed by atoms with Gasteiger partial charge in [0.1, 0.15) is 4.90 Å². The lowest BCUT2D eigenvalue weighted by Gasteiger charge is -2.34. The summed E-state index contributed by atoms with van der Waals surface area (Å²) >= 11 is 0. The number of anilines is 1. The largest absolute Gasteiger partial charge is 0.396 e. The Morgan fingerprint density at radius 1 is 1.33 bits per heavy atom. The number of aliphatic hydroxyl groups is 1. The third kappa shape index (κ3) is 3.56. The van der Waals surface area contributed by atoms with Gasteiger partial charge in [-0.25, -0.2) is 8.42 Å². The number of nitrogens with zero attached hydrogens (tertiary/aromatic N) is 1. The predicted octanol–water partition coefficient (Wildman–Crippen LogP) is 2.04. The van der Waals surface area contributed by atoms with Gasteiger partial charge in [0.05, 0.1) is 5.69 Å². The van der Waals surface area contributed by atoms with Gasteiger partial charge in [-0.1, -0.05) is 18.6 Å². The van der Waals surface area contributed by atoms with Gasteiger partial charge < -0.3 is 10.4 Å². The van der Waals surface area contributed by atoms with Crippen molar-refractivity contribution in [1.29, 1.82) is 0 Å². The van der Waals surface area contributed by atoms with Crippen LogP contribution in [0.15, 0.2) is 29.2 Å². The maximum atomic E-state index is 13.0. The van der Waals surface area contributed by atoms with Crippen LogP contribution in [0.1, 0.15) is 32.6 Å². The molecule has 0 saturated carbocycles. The summed E-state index contributed by atoms with van der Waals surface area (Å²) in [6, 6.07) is 6.93. The second-order valence-electron chi connectivity index (χ2n) is 5.30. The highest BCUT2D eigenvalue weighted by Crippen LogP contribution is 2.30. The Bertz CT molecular complexity index is 558. The summed E-state index contributed by atoms with van der Waals surface area (Å²) in [5, 5.41) is 12.3. The molecule has 1 fully saturated rings. The van der Waals surface area contributed by atoms with E-state index in [4.69, 9.17) is 0 Å². The van der Waals surface area contributed by atoms with Crippen molar-refractivity contribution in [2.45, 2.75) is 43.5 Å². The first-order chi connectivity index (χ1) is 10.1. The van der Waals surface area contributed by atoms with Crippen molar-refractivity contribution < 1.29 is 13.5 Å². The Morgan fingerprint density at radius 3 is 2.81 bits per heavy atom. The molecule has 0 aliphatic carbocycles. The van der Waals surface area contributed by atoms with E-state index in [0.29, 0.717) is 30.1 Å². The molecule has 1 aliphatic heterocycles. The van der Waals surface area contributed by atoms with E-state index in [0.717, 1.165) is 19.3 Å². The molecule has 0 amide bonds. The van der Waals surface area contributed by atoms with Crippen LogP contribution in [-0.4, -0.2) is 43.6 Å². The molecule has 5 nitrogen and oxygen atoms in total. The predicted molar refractivity (Wildman–Crippen MR) is 83.8 cm³/mol. The molecular formula is C15H24N2O3S. The Kier molecular flexibility index (Phi) is 5.61. The van der Waals surface area contributed by atoms with E-state index in [2.05, 4.69) is 5.32 Å². The Labute approximate surface area is 127 Å². The van der Waals surface area contributed by atoms with Crippen LogP contribution in [0.4, 0.5) is 5.69 Å². The number of benzene rings is 1. The maximum absolute atomic E-state index is 13.0. The van der Waals surface area contributed by atoms with Crippen molar-refractivity contribution in [2.24, 2.45) is 0 Å². The summed E-state index contributed by atoms with van der Waals surface area (Å²) < 4.78 is 27.5. The highest BCUT2D eigenvalue weighted by molar-refractivity contribution is 7.89. The third-order valence-corrected chi connectivity index (χ3v) is 5.89. The fourth-order valence-corrected chi connectivity index (χ4v) is 4.78. The van der Waals surface area contributed by atoms with Gasteiger partial charge in [-0.2, -0.15) is 4.31 Å². The Balaban J connectivity index is 2.36. The number of aliphatic hydroxyl groups excluding tert-OH is 1. The molecule has 0 bridgehead atoms. The summed E-state index contributed by atoms with van der Waals surface area (Å²) in [6.45, 7) is 3.17. The van der Waals surface area contributed by atoms with Gasteiger partial charge in [0.2, 0.25) is 10.0 Å². The molecule has 118 valence electrons. The normalized spacial score (nSPS) is 20.4. The van der Waals surface area contributed by atoms with Crippen molar-refractivity contribution in [3.8, 4) is 0 Å². The van der Waals surface area contributed by atoms with E-state index in [1.807, 2.05) is 13.0 Å². The number of nitrogens with one attached hydrogen (secondary N) is 1. The molecule has 1 aromatic rings. The van der Waals surface area contributed by atoms with Gasteiger partial charge in [-0.15, -0.1) is 0 Å². The summed E-state index contributed by atoms with van der Waals surface area (Å²) in [5.74, 6) is 0. The molecule has 2 rings (SSSR count). The van der Waals surface area contributed by atoms with Crippen LogP contribution in [0.2, 0.25) is 0 Å². The fourth-order valence-electron chi connectivity index (χ4n) is 2.88. The van der Waals surface area contributed by atoms with Crippen LogP contribution in [-0.2, 0) is 10.0 Å². The van der Waals surface area contributed by atoms with Crippen LogP contribution in [0, 0.1) is 0 Å². The molecule has 0 aromatic heterocycles. The lowest BCUT2D eigenvalue weighted by atomic mass is 10.0. The highest BCUT2D eigenvalue weighted by atomic mass is 32.2. The molecular weight excluding hydrogens is 288 g/mol. The van der Waals surface area contributed by atoms with Gasteiger partial charge >= 0.3 is 0 Å². The van der Waals surface area contributed by atoms with Gasteiger partial charge in [-0.3, -0.25) is 0 Å². The zero-order chi connectivity index (χ0) is 15.3. The van der Waals surface area contributed by atoms with Gasteiger partial charge in [-0.05, 0) is 38.3 Å². The van der Waals surface area contributed by atoms with Crippen molar-refractivity contribution in [2.75, 3.05) is 25.0 Å². The molecule has 1 aliphatic rings. The molecule has 1 saturated heterocycles. The van der Waals surface area contributed by atoms with E-state index in [9.17, 15) is 13.5 Å². The van der Waals surface area contributed by atoms with Crippen LogP contribution in [0.5, 0.6) is 0 Å². The number of hydrogen-bond donors (Lipinski definition) is 2. The minimum Gasteiger partial charge on any atom is -0.396 e. The van der Waals surface area contributed by atoms with Crippen molar-refractivity contribution in [1.82, 2.24) is 4.31 Å². The molecule has 0 radical (unpaired) electrons. The molecule has 21 heavy (non-hydrogen) atoms.